The first kappa shape index (κ1) is 9.71. The van der Waals surface area contributed by atoms with Crippen LogP contribution in [0.25, 0.3) is 0 Å². The van der Waals surface area contributed by atoms with Gasteiger partial charge in [-0.15, -0.1) is 0 Å². The van der Waals surface area contributed by atoms with Crippen LogP contribution in [0.1, 0.15) is 38.5 Å². The molecule has 0 amide bonds. The van der Waals surface area contributed by atoms with E-state index in [2.05, 4.69) is 0 Å². The summed E-state index contributed by atoms with van der Waals surface area (Å²) in [6.07, 6.45) is 7.21. The summed E-state index contributed by atoms with van der Waals surface area (Å²) in [6.45, 7) is 0.731. The standard InChI is InChI=1S/C11H17NO2/c12-11(5-1-2-6-11)10(13)9-4-3-7-14-8-9/h8H,1-7,12H2. The van der Waals surface area contributed by atoms with Gasteiger partial charge in [0.15, 0.2) is 5.78 Å². The highest BCUT2D eigenvalue weighted by Gasteiger charge is 2.38. The van der Waals surface area contributed by atoms with Gasteiger partial charge in [0.05, 0.1) is 18.4 Å². The average molecular weight is 195 g/mol. The zero-order valence-corrected chi connectivity index (χ0v) is 8.42. The van der Waals surface area contributed by atoms with Crippen molar-refractivity contribution in [3.05, 3.63) is 11.8 Å². The second kappa shape index (κ2) is 3.73. The molecule has 0 aromatic rings. The van der Waals surface area contributed by atoms with Crippen LogP contribution in [0.15, 0.2) is 11.8 Å². The van der Waals surface area contributed by atoms with Crippen molar-refractivity contribution in [2.24, 2.45) is 5.73 Å². The summed E-state index contributed by atoms with van der Waals surface area (Å²) in [5.41, 5.74) is 6.30. The van der Waals surface area contributed by atoms with Gasteiger partial charge in [0.1, 0.15) is 0 Å². The number of Topliss-reactive ketones (excluding diaryl/α,β-unsaturated/α-hetero) is 1. The number of carbonyl (C=O) groups is 1. The van der Waals surface area contributed by atoms with Gasteiger partial charge in [-0.05, 0) is 25.7 Å². The zero-order valence-electron chi connectivity index (χ0n) is 8.42. The van der Waals surface area contributed by atoms with Crippen molar-refractivity contribution < 1.29 is 9.53 Å². The van der Waals surface area contributed by atoms with Crippen molar-refractivity contribution in [1.29, 1.82) is 0 Å². The SMILES string of the molecule is NC1(C(=O)C2=COCCC2)CCCC1. The van der Waals surface area contributed by atoms with Crippen LogP contribution in [0.4, 0.5) is 0 Å². The molecule has 1 fully saturated rings. The van der Waals surface area contributed by atoms with Crippen LogP contribution in [0.3, 0.4) is 0 Å². The predicted molar refractivity (Wildman–Crippen MR) is 53.7 cm³/mol. The second-order valence-electron chi connectivity index (χ2n) is 4.31. The monoisotopic (exact) mass is 195 g/mol. The number of hydrogen-bond acceptors (Lipinski definition) is 3. The molecule has 0 bridgehead atoms. The quantitative estimate of drug-likeness (QED) is 0.726. The largest absolute Gasteiger partial charge is 0.501 e. The molecule has 2 rings (SSSR count). The Morgan fingerprint density at radius 3 is 2.64 bits per heavy atom. The van der Waals surface area contributed by atoms with Crippen LogP contribution in [0.2, 0.25) is 0 Å². The number of nitrogens with two attached hydrogens (primary N) is 1. The molecule has 0 aromatic heterocycles. The lowest BCUT2D eigenvalue weighted by atomic mass is 9.87. The molecule has 0 spiro atoms. The van der Waals surface area contributed by atoms with Crippen molar-refractivity contribution in [1.82, 2.24) is 0 Å². The average Bonchev–Trinajstić information content (AvgIpc) is 2.67. The van der Waals surface area contributed by atoms with Crippen LogP contribution in [-0.2, 0) is 9.53 Å². The van der Waals surface area contributed by atoms with E-state index in [1.165, 1.54) is 0 Å². The molecule has 0 saturated heterocycles. The van der Waals surface area contributed by atoms with Crippen molar-refractivity contribution >= 4 is 5.78 Å². The Bertz CT molecular complexity index is 264. The fourth-order valence-electron chi connectivity index (χ4n) is 2.28. The van der Waals surface area contributed by atoms with Crippen LogP contribution in [-0.4, -0.2) is 17.9 Å². The van der Waals surface area contributed by atoms with Gasteiger partial charge < -0.3 is 10.5 Å². The number of ether oxygens (including phenoxy) is 1. The lowest BCUT2D eigenvalue weighted by Gasteiger charge is -2.24. The van der Waals surface area contributed by atoms with Gasteiger partial charge in [-0.2, -0.15) is 0 Å². The Labute approximate surface area is 84.3 Å². The molecule has 1 aliphatic heterocycles. The summed E-state index contributed by atoms with van der Waals surface area (Å²) < 4.78 is 5.17. The van der Waals surface area contributed by atoms with Crippen LogP contribution < -0.4 is 5.73 Å². The molecule has 2 N–H and O–H groups in total. The number of hydrogen-bond donors (Lipinski definition) is 1. The molecule has 1 aliphatic carbocycles. The second-order valence-corrected chi connectivity index (χ2v) is 4.31. The van der Waals surface area contributed by atoms with E-state index in [0.717, 1.165) is 50.7 Å². The van der Waals surface area contributed by atoms with E-state index < -0.39 is 5.54 Å². The molecule has 0 unspecified atom stereocenters. The molecule has 2 aliphatic rings. The highest BCUT2D eigenvalue weighted by molar-refractivity contribution is 6.02. The maximum absolute atomic E-state index is 12.0. The molecule has 0 atom stereocenters. The number of rotatable bonds is 2. The Morgan fingerprint density at radius 1 is 1.36 bits per heavy atom. The molecule has 1 saturated carbocycles. The first-order valence-corrected chi connectivity index (χ1v) is 5.37. The third-order valence-electron chi connectivity index (χ3n) is 3.17. The van der Waals surface area contributed by atoms with Crippen molar-refractivity contribution in [3.63, 3.8) is 0 Å². The van der Waals surface area contributed by atoms with E-state index in [0.29, 0.717) is 0 Å². The van der Waals surface area contributed by atoms with Crippen LogP contribution in [0, 0.1) is 0 Å². The minimum Gasteiger partial charge on any atom is -0.501 e. The van der Waals surface area contributed by atoms with E-state index in [1.807, 2.05) is 0 Å². The third kappa shape index (κ3) is 1.69. The number of carbonyl (C=O) groups excluding carboxylic acids is 1. The Balaban J connectivity index is 2.10. The normalized spacial score (nSPS) is 25.4. The summed E-state index contributed by atoms with van der Waals surface area (Å²) in [7, 11) is 0. The topological polar surface area (TPSA) is 52.3 Å². The lowest BCUT2D eigenvalue weighted by Crippen LogP contribution is -2.46. The Kier molecular flexibility index (Phi) is 2.59. The Morgan fingerprint density at radius 2 is 2.07 bits per heavy atom. The highest BCUT2D eigenvalue weighted by atomic mass is 16.5. The predicted octanol–water partition coefficient (Wildman–Crippen LogP) is 1.52. The van der Waals surface area contributed by atoms with Gasteiger partial charge in [-0.1, -0.05) is 12.8 Å². The maximum Gasteiger partial charge on any atom is 0.181 e. The smallest absolute Gasteiger partial charge is 0.181 e. The van der Waals surface area contributed by atoms with Crippen molar-refractivity contribution in [3.8, 4) is 0 Å². The summed E-state index contributed by atoms with van der Waals surface area (Å²) in [5, 5.41) is 0. The summed E-state index contributed by atoms with van der Waals surface area (Å²) >= 11 is 0. The molecule has 78 valence electrons. The summed E-state index contributed by atoms with van der Waals surface area (Å²) in [6, 6.07) is 0. The molecular formula is C11H17NO2. The molecule has 14 heavy (non-hydrogen) atoms. The van der Waals surface area contributed by atoms with E-state index in [-0.39, 0.29) is 5.78 Å². The molecule has 1 heterocycles. The van der Waals surface area contributed by atoms with E-state index in [9.17, 15) is 4.79 Å². The zero-order chi connectivity index (χ0) is 10.0. The number of ketones is 1. The van der Waals surface area contributed by atoms with Crippen LogP contribution in [0.5, 0.6) is 0 Å². The molecule has 0 radical (unpaired) electrons. The molecule has 3 nitrogen and oxygen atoms in total. The van der Waals surface area contributed by atoms with Gasteiger partial charge in [-0.25, -0.2) is 0 Å². The third-order valence-corrected chi connectivity index (χ3v) is 3.17. The minimum atomic E-state index is -0.577. The van der Waals surface area contributed by atoms with Gasteiger partial charge in [0, 0.05) is 5.57 Å². The fourth-order valence-corrected chi connectivity index (χ4v) is 2.28. The van der Waals surface area contributed by atoms with E-state index in [1.54, 1.807) is 6.26 Å². The van der Waals surface area contributed by atoms with E-state index in [4.69, 9.17) is 10.5 Å². The summed E-state index contributed by atoms with van der Waals surface area (Å²) in [5.74, 6) is 0.120. The van der Waals surface area contributed by atoms with Gasteiger partial charge in [0.2, 0.25) is 0 Å². The lowest BCUT2D eigenvalue weighted by molar-refractivity contribution is -0.120. The Hall–Kier alpha value is -0.830. The van der Waals surface area contributed by atoms with E-state index >= 15 is 0 Å². The maximum atomic E-state index is 12.0. The molecule has 0 aromatic carbocycles. The first-order chi connectivity index (χ1) is 6.72. The first-order valence-electron chi connectivity index (χ1n) is 5.37. The van der Waals surface area contributed by atoms with Crippen molar-refractivity contribution in [2.75, 3.05) is 6.61 Å². The molecular weight excluding hydrogens is 178 g/mol. The van der Waals surface area contributed by atoms with Gasteiger partial charge >= 0.3 is 0 Å². The van der Waals surface area contributed by atoms with Gasteiger partial charge in [-0.3, -0.25) is 4.79 Å². The fraction of sp³-hybridized carbons (Fsp3) is 0.727. The molecule has 3 heteroatoms. The highest BCUT2D eigenvalue weighted by Crippen LogP contribution is 2.31. The van der Waals surface area contributed by atoms with Crippen molar-refractivity contribution in [2.45, 2.75) is 44.1 Å². The summed E-state index contributed by atoms with van der Waals surface area (Å²) in [4.78, 5) is 12.0. The van der Waals surface area contributed by atoms with Crippen LogP contribution >= 0.6 is 0 Å². The minimum absolute atomic E-state index is 0.120. The van der Waals surface area contributed by atoms with Gasteiger partial charge in [0.25, 0.3) is 0 Å².